The second-order valence-electron chi connectivity index (χ2n) is 5.65. The van der Waals surface area contributed by atoms with Crippen LogP contribution in [0.15, 0.2) is 22.6 Å². The van der Waals surface area contributed by atoms with Crippen molar-refractivity contribution in [3.63, 3.8) is 0 Å². The van der Waals surface area contributed by atoms with Gasteiger partial charge in [-0.25, -0.2) is 4.98 Å². The Morgan fingerprint density at radius 3 is 2.91 bits per heavy atom. The standard InChI is InChI=1S/C15H19N3O4/c19-8-2-1-7-17(11-3-4-11)10-15-16-13-9-12(18(20)21)5-6-14(13)22-15/h5-6,9,11,19H,1-4,7-8,10H2. The minimum atomic E-state index is -0.431. The third-order valence-electron chi connectivity index (χ3n) is 3.88. The van der Waals surface area contributed by atoms with E-state index in [1.807, 2.05) is 0 Å². The molecule has 1 heterocycles. The Kier molecular flexibility index (Phi) is 4.35. The van der Waals surface area contributed by atoms with Crippen LogP contribution < -0.4 is 0 Å². The van der Waals surface area contributed by atoms with Gasteiger partial charge >= 0.3 is 0 Å². The van der Waals surface area contributed by atoms with Crippen molar-refractivity contribution in [1.29, 1.82) is 0 Å². The van der Waals surface area contributed by atoms with Crippen LogP contribution in [0.5, 0.6) is 0 Å². The predicted molar refractivity (Wildman–Crippen MR) is 80.4 cm³/mol. The quantitative estimate of drug-likeness (QED) is 0.457. The maximum absolute atomic E-state index is 10.8. The highest BCUT2D eigenvalue weighted by atomic mass is 16.6. The van der Waals surface area contributed by atoms with Crippen molar-refractivity contribution in [2.75, 3.05) is 13.2 Å². The molecule has 1 aromatic carbocycles. The molecule has 0 bridgehead atoms. The molecule has 1 aromatic heterocycles. The number of aliphatic hydroxyl groups excluding tert-OH is 1. The Bertz CT molecular complexity index is 666. The summed E-state index contributed by atoms with van der Waals surface area (Å²) in [5.74, 6) is 0.589. The molecule has 1 aliphatic carbocycles. The third kappa shape index (κ3) is 3.42. The maximum Gasteiger partial charge on any atom is 0.271 e. The second-order valence-corrected chi connectivity index (χ2v) is 5.65. The van der Waals surface area contributed by atoms with Crippen LogP contribution in [0.1, 0.15) is 31.6 Å². The molecule has 0 spiro atoms. The SMILES string of the molecule is O=[N+]([O-])c1ccc2oc(CN(CCCCO)C3CC3)nc2c1. The zero-order valence-corrected chi connectivity index (χ0v) is 12.3. The number of aliphatic hydroxyl groups is 1. The maximum atomic E-state index is 10.8. The Morgan fingerprint density at radius 2 is 2.23 bits per heavy atom. The van der Waals surface area contributed by atoms with Crippen molar-refractivity contribution < 1.29 is 14.4 Å². The Balaban J connectivity index is 1.72. The lowest BCUT2D eigenvalue weighted by Gasteiger charge is -2.19. The van der Waals surface area contributed by atoms with Crippen LogP contribution in [0.2, 0.25) is 0 Å². The van der Waals surface area contributed by atoms with E-state index < -0.39 is 4.92 Å². The van der Waals surface area contributed by atoms with E-state index in [1.54, 1.807) is 6.07 Å². The van der Waals surface area contributed by atoms with Gasteiger partial charge in [0.05, 0.1) is 11.5 Å². The van der Waals surface area contributed by atoms with Crippen LogP contribution in [-0.2, 0) is 6.54 Å². The number of benzene rings is 1. The molecule has 1 N–H and O–H groups in total. The van der Waals surface area contributed by atoms with Crippen molar-refractivity contribution >= 4 is 16.8 Å². The first kappa shape index (κ1) is 14.9. The van der Waals surface area contributed by atoms with Crippen molar-refractivity contribution in [2.24, 2.45) is 0 Å². The van der Waals surface area contributed by atoms with Gasteiger partial charge in [0.15, 0.2) is 5.58 Å². The average molecular weight is 305 g/mol. The van der Waals surface area contributed by atoms with Crippen molar-refractivity contribution in [3.05, 3.63) is 34.2 Å². The zero-order valence-electron chi connectivity index (χ0n) is 12.3. The fraction of sp³-hybridized carbons (Fsp3) is 0.533. The number of rotatable bonds is 8. The molecule has 0 radical (unpaired) electrons. The number of nitrogens with zero attached hydrogens (tertiary/aromatic N) is 3. The van der Waals surface area contributed by atoms with Gasteiger partial charge in [0.2, 0.25) is 5.89 Å². The topological polar surface area (TPSA) is 92.6 Å². The summed E-state index contributed by atoms with van der Waals surface area (Å²) in [5, 5.41) is 19.7. The number of fused-ring (bicyclic) bond motifs is 1. The molecule has 0 saturated heterocycles. The first-order valence-electron chi connectivity index (χ1n) is 7.56. The molecule has 0 atom stereocenters. The summed E-state index contributed by atoms with van der Waals surface area (Å²) in [6.07, 6.45) is 4.11. The molecular formula is C15H19N3O4. The van der Waals surface area contributed by atoms with Crippen LogP contribution >= 0.6 is 0 Å². The summed E-state index contributed by atoms with van der Waals surface area (Å²) in [4.78, 5) is 17.0. The fourth-order valence-corrected chi connectivity index (χ4v) is 2.58. The van der Waals surface area contributed by atoms with Crippen LogP contribution in [0, 0.1) is 10.1 Å². The summed E-state index contributed by atoms with van der Waals surface area (Å²) in [5.41, 5.74) is 1.12. The van der Waals surface area contributed by atoms with Gasteiger partial charge in [-0.2, -0.15) is 0 Å². The molecule has 1 fully saturated rings. The summed E-state index contributed by atoms with van der Waals surface area (Å²) in [6, 6.07) is 5.03. The van der Waals surface area contributed by atoms with Gasteiger partial charge in [-0.15, -0.1) is 0 Å². The van der Waals surface area contributed by atoms with Gasteiger partial charge in [-0.1, -0.05) is 0 Å². The Morgan fingerprint density at radius 1 is 1.41 bits per heavy atom. The molecule has 0 aliphatic heterocycles. The Labute approximate surface area is 127 Å². The first-order valence-corrected chi connectivity index (χ1v) is 7.56. The summed E-state index contributed by atoms with van der Waals surface area (Å²) >= 11 is 0. The average Bonchev–Trinajstić information content (AvgIpc) is 3.26. The molecule has 7 nitrogen and oxygen atoms in total. The lowest BCUT2D eigenvalue weighted by atomic mass is 10.3. The predicted octanol–water partition coefficient (Wildman–Crippen LogP) is 2.47. The number of unbranched alkanes of at least 4 members (excludes halogenated alkanes) is 1. The lowest BCUT2D eigenvalue weighted by molar-refractivity contribution is -0.384. The highest BCUT2D eigenvalue weighted by Crippen LogP contribution is 2.29. The minimum Gasteiger partial charge on any atom is -0.439 e. The zero-order chi connectivity index (χ0) is 15.5. The van der Waals surface area contributed by atoms with Crippen LogP contribution in [0.25, 0.3) is 11.1 Å². The van der Waals surface area contributed by atoms with E-state index in [4.69, 9.17) is 9.52 Å². The van der Waals surface area contributed by atoms with Crippen LogP contribution in [-0.4, -0.2) is 39.1 Å². The van der Waals surface area contributed by atoms with E-state index >= 15 is 0 Å². The number of nitro benzene ring substituents is 1. The minimum absolute atomic E-state index is 0.0225. The Hall–Kier alpha value is -1.99. The molecule has 1 aliphatic rings. The summed E-state index contributed by atoms with van der Waals surface area (Å²) in [7, 11) is 0. The molecule has 0 unspecified atom stereocenters. The van der Waals surface area contributed by atoms with Crippen molar-refractivity contribution in [2.45, 2.75) is 38.3 Å². The van der Waals surface area contributed by atoms with Crippen molar-refractivity contribution in [3.8, 4) is 0 Å². The number of aromatic nitrogens is 1. The largest absolute Gasteiger partial charge is 0.439 e. The van der Waals surface area contributed by atoms with Gasteiger partial charge in [0, 0.05) is 24.8 Å². The summed E-state index contributed by atoms with van der Waals surface area (Å²) in [6.45, 7) is 1.73. The molecular weight excluding hydrogens is 286 g/mol. The smallest absolute Gasteiger partial charge is 0.271 e. The number of oxazole rings is 1. The van der Waals surface area contributed by atoms with Gasteiger partial charge in [-0.05, 0) is 38.3 Å². The van der Waals surface area contributed by atoms with Crippen molar-refractivity contribution in [1.82, 2.24) is 9.88 Å². The number of nitro groups is 1. The molecule has 118 valence electrons. The van der Waals surface area contributed by atoms with Gasteiger partial charge in [0.1, 0.15) is 5.52 Å². The van der Waals surface area contributed by atoms with Crippen LogP contribution in [0.4, 0.5) is 5.69 Å². The van der Waals surface area contributed by atoms with E-state index in [2.05, 4.69) is 9.88 Å². The number of non-ortho nitro benzene ring substituents is 1. The highest BCUT2D eigenvalue weighted by molar-refractivity contribution is 5.75. The fourth-order valence-electron chi connectivity index (χ4n) is 2.58. The van der Waals surface area contributed by atoms with E-state index in [9.17, 15) is 10.1 Å². The molecule has 7 heteroatoms. The normalized spacial score (nSPS) is 14.8. The molecule has 22 heavy (non-hydrogen) atoms. The number of hydrogen-bond acceptors (Lipinski definition) is 6. The lowest BCUT2D eigenvalue weighted by Crippen LogP contribution is -2.27. The molecule has 0 amide bonds. The van der Waals surface area contributed by atoms with Crippen LogP contribution in [0.3, 0.4) is 0 Å². The number of hydrogen-bond donors (Lipinski definition) is 1. The van der Waals surface area contributed by atoms with Gasteiger partial charge < -0.3 is 9.52 Å². The highest BCUT2D eigenvalue weighted by Gasteiger charge is 2.29. The van der Waals surface area contributed by atoms with Gasteiger partial charge in [-0.3, -0.25) is 15.0 Å². The summed E-state index contributed by atoms with van der Waals surface area (Å²) < 4.78 is 5.69. The van der Waals surface area contributed by atoms with E-state index in [-0.39, 0.29) is 12.3 Å². The second kappa shape index (κ2) is 6.41. The third-order valence-corrected chi connectivity index (χ3v) is 3.88. The first-order chi connectivity index (χ1) is 10.7. The van der Waals surface area contributed by atoms with E-state index in [0.29, 0.717) is 29.6 Å². The monoisotopic (exact) mass is 305 g/mol. The van der Waals surface area contributed by atoms with E-state index in [1.165, 1.54) is 25.0 Å². The van der Waals surface area contributed by atoms with E-state index in [0.717, 1.165) is 19.4 Å². The molecule has 1 saturated carbocycles. The van der Waals surface area contributed by atoms with Gasteiger partial charge in [0.25, 0.3) is 5.69 Å². The molecule has 3 rings (SSSR count). The molecule has 2 aromatic rings.